The molecule has 2 N–H and O–H groups in total. The number of aliphatic hydroxyl groups excluding tert-OH is 1. The minimum atomic E-state index is -0.963. The van der Waals surface area contributed by atoms with Gasteiger partial charge in [0.15, 0.2) is 0 Å². The van der Waals surface area contributed by atoms with Gasteiger partial charge in [0.2, 0.25) is 0 Å². The highest BCUT2D eigenvalue weighted by atomic mass is 16.4. The molecule has 0 saturated heterocycles. The number of rotatable bonds is 4. The van der Waals surface area contributed by atoms with Crippen molar-refractivity contribution in [2.75, 3.05) is 6.61 Å². The fourth-order valence-electron chi connectivity index (χ4n) is 2.04. The summed E-state index contributed by atoms with van der Waals surface area (Å²) in [5.74, 6) is -0.726. The lowest BCUT2D eigenvalue weighted by Crippen LogP contribution is -2.18. The van der Waals surface area contributed by atoms with Gasteiger partial charge in [-0.25, -0.2) is 9.78 Å². The molecular weight excluding hydrogens is 232 g/mol. The molecule has 5 nitrogen and oxygen atoms in total. The molecule has 0 aliphatic heterocycles. The molecule has 0 aliphatic carbocycles. The highest BCUT2D eigenvalue weighted by molar-refractivity contribution is 5.92. The fourth-order valence-corrected chi connectivity index (χ4v) is 2.04. The second-order valence-corrected chi connectivity index (χ2v) is 4.65. The minimum absolute atomic E-state index is 0.000422. The highest BCUT2D eigenvalue weighted by Crippen LogP contribution is 2.23. The zero-order valence-corrected chi connectivity index (χ0v) is 10.4. The molecule has 0 amide bonds. The molecule has 96 valence electrons. The van der Waals surface area contributed by atoms with Crippen molar-refractivity contribution in [2.45, 2.75) is 19.9 Å². The van der Waals surface area contributed by atoms with E-state index >= 15 is 0 Å². The van der Waals surface area contributed by atoms with Gasteiger partial charge in [-0.1, -0.05) is 13.8 Å². The van der Waals surface area contributed by atoms with Gasteiger partial charge in [-0.15, -0.1) is 0 Å². The van der Waals surface area contributed by atoms with Gasteiger partial charge in [-0.05, 0) is 24.1 Å². The summed E-state index contributed by atoms with van der Waals surface area (Å²) in [5.41, 5.74) is 1.70. The number of carboxylic acids is 1. The molecule has 0 spiro atoms. The molecule has 0 aliphatic rings. The number of hydrogen-bond donors (Lipinski definition) is 2. The van der Waals surface area contributed by atoms with Crippen LogP contribution >= 0.6 is 0 Å². The maximum absolute atomic E-state index is 11.0. The Morgan fingerprint density at radius 1 is 1.44 bits per heavy atom. The summed E-state index contributed by atoms with van der Waals surface area (Å²) >= 11 is 0. The predicted molar refractivity (Wildman–Crippen MR) is 67.7 cm³/mol. The Hall–Kier alpha value is -1.88. The van der Waals surface area contributed by atoms with Gasteiger partial charge in [0.25, 0.3) is 0 Å². The van der Waals surface area contributed by atoms with E-state index in [1.165, 1.54) is 6.07 Å². The van der Waals surface area contributed by atoms with E-state index in [0.717, 1.165) is 11.0 Å². The largest absolute Gasteiger partial charge is 0.478 e. The average molecular weight is 248 g/mol. The first-order valence-electron chi connectivity index (χ1n) is 5.85. The maximum atomic E-state index is 11.0. The molecule has 0 saturated carbocycles. The number of carbonyl (C=O) groups is 1. The lowest BCUT2D eigenvalue weighted by molar-refractivity contribution is 0.0697. The molecule has 5 heteroatoms. The number of nitrogens with zero attached hydrogens (tertiary/aromatic N) is 2. The maximum Gasteiger partial charge on any atom is 0.335 e. The fraction of sp³-hybridized carbons (Fsp3) is 0.385. The van der Waals surface area contributed by atoms with E-state index in [0.29, 0.717) is 0 Å². The molecule has 0 fully saturated rings. The van der Waals surface area contributed by atoms with Gasteiger partial charge in [-0.2, -0.15) is 0 Å². The lowest BCUT2D eigenvalue weighted by atomic mass is 10.0. The number of aromatic nitrogens is 2. The van der Waals surface area contributed by atoms with Gasteiger partial charge in [0.05, 0.1) is 35.6 Å². The number of fused-ring (bicyclic) bond motifs is 1. The molecule has 2 rings (SSSR count). The van der Waals surface area contributed by atoms with Crippen molar-refractivity contribution in [1.29, 1.82) is 0 Å². The van der Waals surface area contributed by atoms with Crippen LogP contribution in [0.2, 0.25) is 0 Å². The summed E-state index contributed by atoms with van der Waals surface area (Å²) in [6.07, 6.45) is 1.65. The molecule has 2 aromatic rings. The highest BCUT2D eigenvalue weighted by Gasteiger charge is 2.17. The van der Waals surface area contributed by atoms with E-state index in [1.807, 2.05) is 18.4 Å². The second kappa shape index (κ2) is 4.78. The zero-order valence-electron chi connectivity index (χ0n) is 10.4. The summed E-state index contributed by atoms with van der Waals surface area (Å²) < 4.78 is 1.84. The molecule has 0 bridgehead atoms. The van der Waals surface area contributed by atoms with Crippen LogP contribution in [0.4, 0.5) is 0 Å². The van der Waals surface area contributed by atoms with Gasteiger partial charge in [0.1, 0.15) is 0 Å². The SMILES string of the molecule is CC(C)C(CO)n1cnc2ccc(C(=O)O)cc21. The normalized spacial score (nSPS) is 13.1. The second-order valence-electron chi connectivity index (χ2n) is 4.65. The van der Waals surface area contributed by atoms with E-state index in [1.54, 1.807) is 18.5 Å². The van der Waals surface area contributed by atoms with Crippen LogP contribution in [0.5, 0.6) is 0 Å². The molecular formula is C13H16N2O3. The van der Waals surface area contributed by atoms with Crippen molar-refractivity contribution in [3.05, 3.63) is 30.1 Å². The molecule has 0 radical (unpaired) electrons. The van der Waals surface area contributed by atoms with Gasteiger partial charge < -0.3 is 14.8 Å². The van der Waals surface area contributed by atoms with E-state index in [-0.39, 0.29) is 24.1 Å². The first kappa shape index (κ1) is 12.6. The Kier molecular flexibility index (Phi) is 3.34. The molecule has 1 aromatic carbocycles. The topological polar surface area (TPSA) is 75.3 Å². The molecule has 18 heavy (non-hydrogen) atoms. The van der Waals surface area contributed by atoms with Crippen LogP contribution in [0.15, 0.2) is 24.5 Å². The Morgan fingerprint density at radius 3 is 2.72 bits per heavy atom. The van der Waals surface area contributed by atoms with Gasteiger partial charge >= 0.3 is 5.97 Å². The van der Waals surface area contributed by atoms with Crippen molar-refractivity contribution in [3.63, 3.8) is 0 Å². The summed E-state index contributed by atoms with van der Waals surface area (Å²) in [6, 6.07) is 4.71. The van der Waals surface area contributed by atoms with E-state index < -0.39 is 5.97 Å². The van der Waals surface area contributed by atoms with Crippen LogP contribution in [-0.4, -0.2) is 32.3 Å². The Morgan fingerprint density at radius 2 is 2.17 bits per heavy atom. The van der Waals surface area contributed by atoms with E-state index in [2.05, 4.69) is 4.98 Å². The predicted octanol–water partition coefficient (Wildman–Crippen LogP) is 1.92. The van der Waals surface area contributed by atoms with E-state index in [9.17, 15) is 9.90 Å². The third kappa shape index (κ3) is 2.09. The standard InChI is InChI=1S/C13H16N2O3/c1-8(2)12(6-16)15-7-14-10-4-3-9(13(17)18)5-11(10)15/h3-5,7-8,12,16H,6H2,1-2H3,(H,17,18). The van der Waals surface area contributed by atoms with Crippen LogP contribution in [0.1, 0.15) is 30.2 Å². The number of imidazole rings is 1. The first-order valence-corrected chi connectivity index (χ1v) is 5.85. The number of benzene rings is 1. The number of hydrogen-bond acceptors (Lipinski definition) is 3. The van der Waals surface area contributed by atoms with Crippen molar-refractivity contribution in [1.82, 2.24) is 9.55 Å². The average Bonchev–Trinajstić information content (AvgIpc) is 2.73. The van der Waals surface area contributed by atoms with Gasteiger partial charge in [-0.3, -0.25) is 0 Å². The monoisotopic (exact) mass is 248 g/mol. The smallest absolute Gasteiger partial charge is 0.335 e. The van der Waals surface area contributed by atoms with Crippen molar-refractivity contribution < 1.29 is 15.0 Å². The summed E-state index contributed by atoms with van der Waals surface area (Å²) in [7, 11) is 0. The first-order chi connectivity index (χ1) is 8.54. The Labute approximate surface area is 105 Å². The minimum Gasteiger partial charge on any atom is -0.478 e. The third-order valence-electron chi connectivity index (χ3n) is 3.14. The summed E-state index contributed by atoms with van der Waals surface area (Å²) in [5, 5.41) is 18.4. The quantitative estimate of drug-likeness (QED) is 0.866. The molecule has 1 aromatic heterocycles. The van der Waals surface area contributed by atoms with Gasteiger partial charge in [0, 0.05) is 0 Å². The van der Waals surface area contributed by atoms with Crippen LogP contribution < -0.4 is 0 Å². The molecule has 1 atom stereocenters. The summed E-state index contributed by atoms with van der Waals surface area (Å²) in [6.45, 7) is 4.02. The van der Waals surface area contributed by atoms with Crippen molar-refractivity contribution >= 4 is 17.0 Å². The Balaban J connectivity index is 2.57. The van der Waals surface area contributed by atoms with Crippen molar-refractivity contribution in [3.8, 4) is 0 Å². The number of carboxylic acid groups (broad SMARTS) is 1. The van der Waals surface area contributed by atoms with Crippen LogP contribution in [-0.2, 0) is 0 Å². The zero-order chi connectivity index (χ0) is 13.3. The third-order valence-corrected chi connectivity index (χ3v) is 3.14. The van der Waals surface area contributed by atoms with E-state index in [4.69, 9.17) is 5.11 Å². The van der Waals surface area contributed by atoms with Crippen LogP contribution in [0.25, 0.3) is 11.0 Å². The number of aliphatic hydroxyl groups is 1. The Bertz CT molecular complexity index is 575. The van der Waals surface area contributed by atoms with Crippen molar-refractivity contribution in [2.24, 2.45) is 5.92 Å². The lowest BCUT2D eigenvalue weighted by Gasteiger charge is -2.20. The summed E-state index contributed by atoms with van der Waals surface area (Å²) in [4.78, 5) is 15.2. The number of aromatic carboxylic acids is 1. The molecule has 1 unspecified atom stereocenters. The molecule has 1 heterocycles. The van der Waals surface area contributed by atoms with Crippen LogP contribution in [0.3, 0.4) is 0 Å². The van der Waals surface area contributed by atoms with Crippen LogP contribution in [0, 0.1) is 5.92 Å².